The van der Waals surface area contributed by atoms with Crippen LogP contribution in [0.4, 0.5) is 0 Å². The van der Waals surface area contributed by atoms with Gasteiger partial charge in [-0.1, -0.05) is 19.8 Å². The highest BCUT2D eigenvalue weighted by molar-refractivity contribution is 5.81. The summed E-state index contributed by atoms with van der Waals surface area (Å²) in [5.74, 6) is 3.47. The minimum absolute atomic E-state index is 0.0580. The summed E-state index contributed by atoms with van der Waals surface area (Å²) in [6, 6.07) is 0.247. The quantitative estimate of drug-likeness (QED) is 0.422. The number of aliphatic imine (C=N–C) groups is 1. The molecule has 1 unspecified atom stereocenters. The lowest BCUT2D eigenvalue weighted by Gasteiger charge is -2.20. The first-order valence-electron chi connectivity index (χ1n) is 6.28. The summed E-state index contributed by atoms with van der Waals surface area (Å²) in [4.78, 5) is 17.8. The van der Waals surface area contributed by atoms with Crippen molar-refractivity contribution >= 4 is 11.9 Å². The van der Waals surface area contributed by atoms with E-state index < -0.39 is 0 Å². The van der Waals surface area contributed by atoms with Crippen molar-refractivity contribution < 1.29 is 4.79 Å². The number of rotatable bonds is 3. The van der Waals surface area contributed by atoms with Gasteiger partial charge >= 0.3 is 0 Å². The summed E-state index contributed by atoms with van der Waals surface area (Å²) >= 11 is 0. The van der Waals surface area contributed by atoms with E-state index in [9.17, 15) is 4.79 Å². The molecule has 1 fully saturated rings. The molecule has 0 radical (unpaired) electrons. The van der Waals surface area contributed by atoms with Gasteiger partial charge in [-0.2, -0.15) is 0 Å². The standard InChI is InChI=1S/C13H22N4O/c1-5-7-15-13(14-4)16-11-6-8-17(9-11)12(18)10(2)3/h1,10-11H,6-9H2,2-4H3,(H2,14,15,16). The molecule has 0 aromatic heterocycles. The first kappa shape index (κ1) is 14.4. The van der Waals surface area contributed by atoms with Crippen LogP contribution >= 0.6 is 0 Å². The molecule has 5 heteroatoms. The minimum Gasteiger partial charge on any atom is -0.352 e. The van der Waals surface area contributed by atoms with Gasteiger partial charge in [0, 0.05) is 32.1 Å². The number of nitrogens with one attached hydrogen (secondary N) is 2. The number of amides is 1. The zero-order valence-electron chi connectivity index (χ0n) is 11.4. The van der Waals surface area contributed by atoms with Crippen LogP contribution in [0.1, 0.15) is 20.3 Å². The summed E-state index contributed by atoms with van der Waals surface area (Å²) in [5.41, 5.74) is 0. The number of carbonyl (C=O) groups excluding carboxylic acids is 1. The normalized spacial score (nSPS) is 19.8. The van der Waals surface area contributed by atoms with Crippen LogP contribution in [0.3, 0.4) is 0 Å². The Labute approximate surface area is 109 Å². The molecule has 1 saturated heterocycles. The molecule has 1 heterocycles. The molecule has 18 heavy (non-hydrogen) atoms. The lowest BCUT2D eigenvalue weighted by atomic mass is 10.2. The van der Waals surface area contributed by atoms with Crippen LogP contribution in [0.5, 0.6) is 0 Å². The average Bonchev–Trinajstić information content (AvgIpc) is 2.81. The summed E-state index contributed by atoms with van der Waals surface area (Å²) in [5, 5.41) is 6.29. The Morgan fingerprint density at radius 3 is 2.89 bits per heavy atom. The van der Waals surface area contributed by atoms with E-state index in [1.807, 2.05) is 18.7 Å². The summed E-state index contributed by atoms with van der Waals surface area (Å²) < 4.78 is 0. The highest BCUT2D eigenvalue weighted by atomic mass is 16.2. The lowest BCUT2D eigenvalue weighted by molar-refractivity contribution is -0.133. The van der Waals surface area contributed by atoms with Gasteiger partial charge in [-0.3, -0.25) is 9.79 Å². The molecular weight excluding hydrogens is 228 g/mol. The third-order valence-electron chi connectivity index (χ3n) is 2.92. The highest BCUT2D eigenvalue weighted by Gasteiger charge is 2.27. The molecule has 1 atom stereocenters. The van der Waals surface area contributed by atoms with Crippen molar-refractivity contribution in [3.05, 3.63) is 0 Å². The highest BCUT2D eigenvalue weighted by Crippen LogP contribution is 2.12. The molecule has 5 nitrogen and oxygen atoms in total. The first-order valence-corrected chi connectivity index (χ1v) is 6.28. The van der Waals surface area contributed by atoms with Crippen LogP contribution in [0.2, 0.25) is 0 Å². The average molecular weight is 250 g/mol. The Bertz CT molecular complexity index is 356. The Hall–Kier alpha value is -1.70. The Morgan fingerprint density at radius 2 is 2.33 bits per heavy atom. The zero-order chi connectivity index (χ0) is 13.5. The first-order chi connectivity index (χ1) is 8.58. The van der Waals surface area contributed by atoms with Gasteiger partial charge in [0.1, 0.15) is 0 Å². The van der Waals surface area contributed by atoms with Gasteiger partial charge in [-0.15, -0.1) is 6.42 Å². The second-order valence-electron chi connectivity index (χ2n) is 4.70. The summed E-state index contributed by atoms with van der Waals surface area (Å²) in [6.45, 7) is 5.84. The van der Waals surface area contributed by atoms with Gasteiger partial charge in [0.15, 0.2) is 5.96 Å². The van der Waals surface area contributed by atoms with E-state index in [1.165, 1.54) is 0 Å². The van der Waals surface area contributed by atoms with Crippen molar-refractivity contribution in [2.24, 2.45) is 10.9 Å². The molecule has 1 aliphatic rings. The van der Waals surface area contributed by atoms with E-state index in [0.29, 0.717) is 12.5 Å². The molecule has 0 aliphatic carbocycles. The number of hydrogen-bond donors (Lipinski definition) is 2. The maximum atomic E-state index is 11.8. The molecule has 1 amide bonds. The molecular formula is C13H22N4O. The predicted molar refractivity (Wildman–Crippen MR) is 73.2 cm³/mol. The zero-order valence-corrected chi connectivity index (χ0v) is 11.4. The van der Waals surface area contributed by atoms with Crippen LogP contribution < -0.4 is 10.6 Å². The predicted octanol–water partition coefficient (Wildman–Crippen LogP) is 0.0415. The molecule has 0 spiro atoms. The van der Waals surface area contributed by atoms with Crippen molar-refractivity contribution in [3.8, 4) is 12.3 Å². The molecule has 1 aliphatic heterocycles. The van der Waals surface area contributed by atoms with E-state index in [2.05, 4.69) is 21.5 Å². The topological polar surface area (TPSA) is 56.7 Å². The third-order valence-corrected chi connectivity index (χ3v) is 2.92. The van der Waals surface area contributed by atoms with Gasteiger partial charge < -0.3 is 15.5 Å². The van der Waals surface area contributed by atoms with Gasteiger partial charge in [-0.05, 0) is 6.42 Å². The van der Waals surface area contributed by atoms with Crippen molar-refractivity contribution in [2.75, 3.05) is 26.7 Å². The second-order valence-corrected chi connectivity index (χ2v) is 4.70. The summed E-state index contributed by atoms with van der Waals surface area (Å²) in [6.07, 6.45) is 6.13. The Kier molecular flexibility index (Phi) is 5.50. The number of carbonyl (C=O) groups is 1. The van der Waals surface area contributed by atoms with Crippen LogP contribution in [0, 0.1) is 18.3 Å². The van der Waals surface area contributed by atoms with Crippen LogP contribution in [-0.4, -0.2) is 49.5 Å². The van der Waals surface area contributed by atoms with Crippen LogP contribution in [0.25, 0.3) is 0 Å². The van der Waals surface area contributed by atoms with Gasteiger partial charge in [0.05, 0.1) is 6.54 Å². The van der Waals surface area contributed by atoms with Crippen molar-refractivity contribution in [1.82, 2.24) is 15.5 Å². The Balaban J connectivity index is 2.43. The number of hydrogen-bond acceptors (Lipinski definition) is 2. The SMILES string of the molecule is C#CCNC(=NC)NC1CCN(C(=O)C(C)C)C1. The van der Waals surface area contributed by atoms with E-state index in [4.69, 9.17) is 6.42 Å². The number of likely N-dealkylation sites (tertiary alicyclic amines) is 1. The maximum absolute atomic E-state index is 11.8. The van der Waals surface area contributed by atoms with Crippen molar-refractivity contribution in [2.45, 2.75) is 26.3 Å². The number of nitrogens with zero attached hydrogens (tertiary/aromatic N) is 2. The number of guanidine groups is 1. The fourth-order valence-corrected chi connectivity index (χ4v) is 1.97. The smallest absolute Gasteiger partial charge is 0.225 e. The minimum atomic E-state index is 0.0580. The largest absolute Gasteiger partial charge is 0.352 e. The van der Waals surface area contributed by atoms with Crippen LogP contribution in [-0.2, 0) is 4.79 Å². The van der Waals surface area contributed by atoms with E-state index in [1.54, 1.807) is 7.05 Å². The molecule has 100 valence electrons. The second kappa shape index (κ2) is 6.90. The molecule has 1 rings (SSSR count). The van der Waals surface area contributed by atoms with E-state index in [0.717, 1.165) is 19.5 Å². The fourth-order valence-electron chi connectivity index (χ4n) is 1.97. The van der Waals surface area contributed by atoms with Crippen molar-refractivity contribution in [3.63, 3.8) is 0 Å². The van der Waals surface area contributed by atoms with Gasteiger partial charge in [-0.25, -0.2) is 0 Å². The third kappa shape index (κ3) is 3.95. The van der Waals surface area contributed by atoms with E-state index in [-0.39, 0.29) is 17.9 Å². The van der Waals surface area contributed by atoms with Gasteiger partial charge in [0.2, 0.25) is 5.91 Å². The molecule has 0 bridgehead atoms. The van der Waals surface area contributed by atoms with Crippen molar-refractivity contribution in [1.29, 1.82) is 0 Å². The van der Waals surface area contributed by atoms with Gasteiger partial charge in [0.25, 0.3) is 0 Å². The summed E-state index contributed by atoms with van der Waals surface area (Å²) in [7, 11) is 1.71. The number of terminal acetylenes is 1. The monoisotopic (exact) mass is 250 g/mol. The fraction of sp³-hybridized carbons (Fsp3) is 0.692. The lowest BCUT2D eigenvalue weighted by Crippen LogP contribution is -2.45. The van der Waals surface area contributed by atoms with E-state index >= 15 is 0 Å². The molecule has 2 N–H and O–H groups in total. The molecule has 0 aromatic carbocycles. The molecule has 0 saturated carbocycles. The molecule has 0 aromatic rings. The Morgan fingerprint density at radius 1 is 1.61 bits per heavy atom. The van der Waals surface area contributed by atoms with Crippen LogP contribution in [0.15, 0.2) is 4.99 Å². The maximum Gasteiger partial charge on any atom is 0.225 e.